The van der Waals surface area contributed by atoms with E-state index in [1.807, 2.05) is 87.0 Å². The zero-order valence-corrected chi connectivity index (χ0v) is 20.1. The Labute approximate surface area is 200 Å². The van der Waals surface area contributed by atoms with Crippen LogP contribution in [0, 0.1) is 27.7 Å². The van der Waals surface area contributed by atoms with Gasteiger partial charge >= 0.3 is 0 Å². The summed E-state index contributed by atoms with van der Waals surface area (Å²) in [6.45, 7) is 7.69. The summed E-state index contributed by atoms with van der Waals surface area (Å²) in [4.78, 5) is 35.6. The first-order chi connectivity index (χ1) is 16.3. The number of benzene rings is 2. The highest BCUT2D eigenvalue weighted by molar-refractivity contribution is 8.18. The van der Waals surface area contributed by atoms with Crippen LogP contribution in [0.2, 0.25) is 0 Å². The zero-order chi connectivity index (χ0) is 24.0. The van der Waals surface area contributed by atoms with Crippen LogP contribution in [0.25, 0.3) is 17.0 Å². The smallest absolute Gasteiger partial charge is 0.280 e. The molecule has 34 heavy (non-hydrogen) atoms. The molecule has 7 nitrogen and oxygen atoms in total. The maximum Gasteiger partial charge on any atom is 0.280 e. The summed E-state index contributed by atoms with van der Waals surface area (Å²) < 4.78 is 3.43. The van der Waals surface area contributed by atoms with Crippen LogP contribution < -0.4 is 10.9 Å². The number of aromatic nitrogens is 3. The third-order valence-electron chi connectivity index (χ3n) is 5.72. The minimum atomic E-state index is -0.193. The van der Waals surface area contributed by atoms with E-state index < -0.39 is 0 Å². The molecule has 4 aromatic rings. The minimum absolute atomic E-state index is 0.135. The summed E-state index contributed by atoms with van der Waals surface area (Å²) >= 11 is 1.30. The molecule has 1 aliphatic heterocycles. The van der Waals surface area contributed by atoms with Crippen LogP contribution in [0.5, 0.6) is 0 Å². The summed E-state index contributed by atoms with van der Waals surface area (Å²) in [5.74, 6) is 0.396. The molecule has 2 aromatic heterocycles. The summed E-state index contributed by atoms with van der Waals surface area (Å²) in [5, 5.41) is 3.94. The number of thioether (sulfide) groups is 1. The van der Waals surface area contributed by atoms with Gasteiger partial charge in [-0.05, 0) is 87.0 Å². The van der Waals surface area contributed by atoms with Gasteiger partial charge in [0.1, 0.15) is 5.82 Å². The summed E-state index contributed by atoms with van der Waals surface area (Å²) in [6, 6.07) is 17.1. The van der Waals surface area contributed by atoms with E-state index >= 15 is 0 Å². The first kappa shape index (κ1) is 21.9. The maximum atomic E-state index is 13.3. The number of aliphatic imine (C=N–C) groups is 1. The van der Waals surface area contributed by atoms with Gasteiger partial charge < -0.3 is 5.32 Å². The fourth-order valence-electron chi connectivity index (χ4n) is 4.14. The van der Waals surface area contributed by atoms with Crippen molar-refractivity contribution in [1.29, 1.82) is 0 Å². The fraction of sp³-hybridized carbons (Fsp3) is 0.154. The Kier molecular flexibility index (Phi) is 5.45. The molecule has 2 aromatic carbocycles. The van der Waals surface area contributed by atoms with Gasteiger partial charge in [-0.25, -0.2) is 9.98 Å². The van der Waals surface area contributed by atoms with E-state index in [0.717, 1.165) is 28.2 Å². The molecule has 1 saturated heterocycles. The lowest BCUT2D eigenvalue weighted by Crippen LogP contribution is -2.30. The molecule has 0 spiro atoms. The van der Waals surface area contributed by atoms with E-state index in [0.29, 0.717) is 26.8 Å². The number of carbonyl (C=O) groups is 1. The molecule has 5 rings (SSSR count). The van der Waals surface area contributed by atoms with Crippen LogP contribution in [0.3, 0.4) is 0 Å². The molecule has 0 saturated carbocycles. The molecule has 0 aliphatic carbocycles. The van der Waals surface area contributed by atoms with Crippen LogP contribution in [-0.4, -0.2) is 25.4 Å². The highest BCUT2D eigenvalue weighted by Gasteiger charge is 2.25. The van der Waals surface area contributed by atoms with Crippen LogP contribution >= 0.6 is 11.8 Å². The van der Waals surface area contributed by atoms with Crippen molar-refractivity contribution in [3.63, 3.8) is 0 Å². The van der Waals surface area contributed by atoms with E-state index in [-0.39, 0.29) is 11.5 Å². The Hall–Kier alpha value is -3.91. The second kappa shape index (κ2) is 8.46. The fourth-order valence-corrected chi connectivity index (χ4v) is 4.97. The van der Waals surface area contributed by atoms with E-state index in [1.165, 1.54) is 11.8 Å². The Morgan fingerprint density at radius 1 is 0.971 bits per heavy atom. The topological polar surface area (TPSA) is 81.3 Å². The van der Waals surface area contributed by atoms with Crippen molar-refractivity contribution >= 4 is 45.5 Å². The van der Waals surface area contributed by atoms with Gasteiger partial charge in [0.15, 0.2) is 5.17 Å². The van der Waals surface area contributed by atoms with E-state index in [2.05, 4.69) is 15.3 Å². The highest BCUT2D eigenvalue weighted by Crippen LogP contribution is 2.30. The third kappa shape index (κ3) is 3.86. The highest BCUT2D eigenvalue weighted by atomic mass is 32.2. The van der Waals surface area contributed by atoms with Crippen molar-refractivity contribution in [1.82, 2.24) is 19.7 Å². The van der Waals surface area contributed by atoms with Gasteiger partial charge in [-0.3, -0.25) is 14.3 Å². The van der Waals surface area contributed by atoms with Crippen LogP contribution in [-0.2, 0) is 4.79 Å². The molecule has 1 amide bonds. The molecule has 1 fully saturated rings. The molecule has 3 heterocycles. The molecule has 170 valence electrons. The number of carbonyl (C=O) groups excluding carboxylic acids is 1. The van der Waals surface area contributed by atoms with Gasteiger partial charge in [0, 0.05) is 11.4 Å². The molecular formula is C26H23N5O2S. The predicted molar refractivity (Wildman–Crippen MR) is 137 cm³/mol. The number of rotatable bonds is 3. The molecular weight excluding hydrogens is 446 g/mol. The first-order valence-corrected chi connectivity index (χ1v) is 11.7. The second-order valence-electron chi connectivity index (χ2n) is 8.25. The lowest BCUT2D eigenvalue weighted by molar-refractivity contribution is -0.115. The average Bonchev–Trinajstić information content (AvgIpc) is 3.27. The molecule has 0 bridgehead atoms. The van der Waals surface area contributed by atoms with Gasteiger partial charge in [0.2, 0.25) is 0 Å². The quantitative estimate of drug-likeness (QED) is 0.444. The number of para-hydroxylation sites is 1. The Morgan fingerprint density at radius 2 is 1.76 bits per heavy atom. The number of fused-ring (bicyclic) bond motifs is 1. The molecule has 0 unspecified atom stereocenters. The van der Waals surface area contributed by atoms with Crippen molar-refractivity contribution in [3.8, 4) is 0 Å². The number of amidine groups is 1. The van der Waals surface area contributed by atoms with Crippen molar-refractivity contribution in [2.75, 3.05) is 0 Å². The Bertz CT molecular complexity index is 1590. The van der Waals surface area contributed by atoms with E-state index in [4.69, 9.17) is 0 Å². The molecule has 8 heteroatoms. The SMILES string of the molecule is Cc1cccc(N=C2NC(=O)C(=Cc3cc(C)n(-n4c(C)nc5ccccc5c4=O)c3C)S2)c1. The third-order valence-corrected chi connectivity index (χ3v) is 6.63. The second-order valence-corrected chi connectivity index (χ2v) is 9.28. The number of hydrogen-bond donors (Lipinski definition) is 1. The average molecular weight is 470 g/mol. The number of nitrogens with zero attached hydrogens (tertiary/aromatic N) is 4. The lowest BCUT2D eigenvalue weighted by Gasteiger charge is -2.16. The van der Waals surface area contributed by atoms with Gasteiger partial charge in [0.05, 0.1) is 21.5 Å². The Morgan fingerprint density at radius 3 is 2.56 bits per heavy atom. The maximum absolute atomic E-state index is 13.3. The standard InChI is InChI=1S/C26H23N5O2S/c1-15-8-7-9-20(12-15)28-26-29-24(32)23(34-26)14-19-13-16(2)30(17(19)3)31-18(4)27-22-11-6-5-10-21(22)25(31)33/h5-14H,1-4H3,(H,28,29,32). The normalized spacial score (nSPS) is 16.1. The van der Waals surface area contributed by atoms with Crippen LogP contribution in [0.1, 0.15) is 28.3 Å². The monoisotopic (exact) mass is 469 g/mol. The van der Waals surface area contributed by atoms with Gasteiger partial charge in [0.25, 0.3) is 11.5 Å². The van der Waals surface area contributed by atoms with Gasteiger partial charge in [-0.2, -0.15) is 4.68 Å². The van der Waals surface area contributed by atoms with Crippen molar-refractivity contribution in [2.24, 2.45) is 4.99 Å². The molecule has 1 aliphatic rings. The van der Waals surface area contributed by atoms with E-state index in [9.17, 15) is 9.59 Å². The molecule has 1 N–H and O–H groups in total. The number of hydrogen-bond acceptors (Lipinski definition) is 5. The van der Waals surface area contributed by atoms with Gasteiger partial charge in [-0.15, -0.1) is 0 Å². The first-order valence-electron chi connectivity index (χ1n) is 10.9. The summed E-state index contributed by atoms with van der Waals surface area (Å²) in [7, 11) is 0. The van der Waals surface area contributed by atoms with Crippen LogP contribution in [0.15, 0.2) is 69.3 Å². The van der Waals surface area contributed by atoms with Crippen molar-refractivity contribution < 1.29 is 4.79 Å². The lowest BCUT2D eigenvalue weighted by atomic mass is 10.2. The minimum Gasteiger partial charge on any atom is -0.300 e. The number of nitrogens with one attached hydrogen (secondary N) is 1. The van der Waals surface area contributed by atoms with Crippen molar-refractivity contribution in [3.05, 3.63) is 98.2 Å². The summed E-state index contributed by atoms with van der Waals surface area (Å²) in [6.07, 6.45) is 1.84. The largest absolute Gasteiger partial charge is 0.300 e. The number of aryl methyl sites for hydroxylation is 3. The number of amides is 1. The predicted octanol–water partition coefficient (Wildman–Crippen LogP) is 4.63. The van der Waals surface area contributed by atoms with Crippen molar-refractivity contribution in [2.45, 2.75) is 27.7 Å². The van der Waals surface area contributed by atoms with Crippen LogP contribution in [0.4, 0.5) is 5.69 Å². The zero-order valence-electron chi connectivity index (χ0n) is 19.3. The Balaban J connectivity index is 1.54. The summed E-state index contributed by atoms with van der Waals surface area (Å²) in [5.41, 5.74) is 4.99. The molecule has 0 atom stereocenters. The molecule has 0 radical (unpaired) electrons. The van der Waals surface area contributed by atoms with E-state index in [1.54, 1.807) is 10.7 Å². The van der Waals surface area contributed by atoms with Gasteiger partial charge in [-0.1, -0.05) is 24.3 Å².